The molecule has 0 saturated carbocycles. The summed E-state index contributed by atoms with van der Waals surface area (Å²) < 4.78 is 10.9. The van der Waals surface area contributed by atoms with Crippen LogP contribution in [0.2, 0.25) is 0 Å². The van der Waals surface area contributed by atoms with Crippen LogP contribution in [0.15, 0.2) is 24.3 Å². The fourth-order valence-corrected chi connectivity index (χ4v) is 4.19. The lowest BCUT2D eigenvalue weighted by Crippen LogP contribution is -2.39. The predicted molar refractivity (Wildman–Crippen MR) is 118 cm³/mol. The third kappa shape index (κ3) is 8.75. The monoisotopic (exact) mass is 404 g/mol. The highest BCUT2D eigenvalue weighted by Crippen LogP contribution is 2.27. The van der Waals surface area contributed by atoms with Crippen LogP contribution in [-0.4, -0.2) is 62.2 Å². The van der Waals surface area contributed by atoms with Gasteiger partial charge in [0.2, 0.25) is 5.91 Å². The molecule has 0 spiro atoms. The minimum Gasteiger partial charge on any atom is -0.496 e. The van der Waals surface area contributed by atoms with Gasteiger partial charge in [0.05, 0.1) is 20.3 Å². The lowest BCUT2D eigenvalue weighted by molar-refractivity contribution is -0.133. The highest BCUT2D eigenvalue weighted by Gasteiger charge is 2.22. The molecule has 0 bridgehead atoms. The van der Waals surface area contributed by atoms with Crippen LogP contribution in [0.25, 0.3) is 0 Å². The van der Waals surface area contributed by atoms with E-state index in [2.05, 4.69) is 38.7 Å². The Bertz CT molecular complexity index is 621. The first kappa shape index (κ1) is 23.7. The summed E-state index contributed by atoms with van der Waals surface area (Å²) in [7, 11) is 1.69. The minimum atomic E-state index is 0.240. The first-order valence-electron chi connectivity index (χ1n) is 11.0. The maximum absolute atomic E-state index is 13.2. The Hall–Kier alpha value is -1.59. The number of ether oxygens (including phenoxy) is 2. The number of hydrogen-bond acceptors (Lipinski definition) is 4. The summed E-state index contributed by atoms with van der Waals surface area (Å²) in [5.41, 5.74) is 1.31. The van der Waals surface area contributed by atoms with Gasteiger partial charge in [-0.15, -0.1) is 0 Å². The summed E-state index contributed by atoms with van der Waals surface area (Å²) in [6.07, 6.45) is 2.63. The molecule has 29 heavy (non-hydrogen) atoms. The van der Waals surface area contributed by atoms with Crippen molar-refractivity contribution in [1.29, 1.82) is 0 Å². The van der Waals surface area contributed by atoms with Gasteiger partial charge >= 0.3 is 0 Å². The molecule has 1 aromatic carbocycles. The van der Waals surface area contributed by atoms with E-state index in [-0.39, 0.29) is 11.3 Å². The van der Waals surface area contributed by atoms with E-state index in [0.717, 1.165) is 63.5 Å². The molecule has 0 aliphatic carbocycles. The lowest BCUT2D eigenvalue weighted by Gasteiger charge is -2.30. The molecule has 5 heteroatoms. The number of carbonyl (C=O) groups is 1. The quantitative estimate of drug-likeness (QED) is 0.586. The zero-order valence-electron chi connectivity index (χ0n) is 19.1. The summed E-state index contributed by atoms with van der Waals surface area (Å²) in [6.45, 7) is 14.9. The molecule has 0 radical (unpaired) electrons. The molecule has 1 atom stereocenters. The van der Waals surface area contributed by atoms with Gasteiger partial charge in [0, 0.05) is 44.7 Å². The van der Waals surface area contributed by atoms with Crippen molar-refractivity contribution in [3.8, 4) is 5.75 Å². The molecule has 1 unspecified atom stereocenters. The average molecular weight is 405 g/mol. The molecular weight excluding hydrogens is 364 g/mol. The Kier molecular flexibility index (Phi) is 9.44. The number of rotatable bonds is 10. The fraction of sp³-hybridized carbons (Fsp3) is 0.708. The molecule has 1 heterocycles. The van der Waals surface area contributed by atoms with Crippen molar-refractivity contribution in [3.05, 3.63) is 29.8 Å². The third-order valence-corrected chi connectivity index (χ3v) is 5.40. The number of amides is 1. The van der Waals surface area contributed by atoms with E-state index in [1.807, 2.05) is 23.1 Å². The Balaban J connectivity index is 1.99. The van der Waals surface area contributed by atoms with Crippen molar-refractivity contribution in [2.24, 2.45) is 11.3 Å². The maximum Gasteiger partial charge on any atom is 0.223 e. The Morgan fingerprint density at radius 3 is 2.59 bits per heavy atom. The van der Waals surface area contributed by atoms with Crippen LogP contribution >= 0.6 is 0 Å². The fourth-order valence-electron chi connectivity index (χ4n) is 4.19. The van der Waals surface area contributed by atoms with Gasteiger partial charge in [0.1, 0.15) is 5.75 Å². The van der Waals surface area contributed by atoms with Crippen LogP contribution in [0.5, 0.6) is 5.75 Å². The van der Waals surface area contributed by atoms with Crippen LogP contribution in [0.4, 0.5) is 0 Å². The van der Waals surface area contributed by atoms with Gasteiger partial charge in [0.15, 0.2) is 0 Å². The molecule has 0 N–H and O–H groups in total. The number of nitrogens with zero attached hydrogens (tertiary/aromatic N) is 2. The number of carbonyl (C=O) groups excluding carboxylic acids is 1. The molecule has 1 aromatic rings. The van der Waals surface area contributed by atoms with Crippen molar-refractivity contribution >= 4 is 5.91 Å². The Labute approximate surface area is 177 Å². The normalized spacial score (nSPS) is 16.4. The van der Waals surface area contributed by atoms with Gasteiger partial charge in [-0.05, 0) is 30.2 Å². The second-order valence-electron chi connectivity index (χ2n) is 9.51. The summed E-state index contributed by atoms with van der Waals surface area (Å²) >= 11 is 0. The number of methoxy groups -OCH3 is 1. The van der Waals surface area contributed by atoms with Crippen LogP contribution in [0.1, 0.15) is 52.5 Å². The molecule has 1 saturated heterocycles. The van der Waals surface area contributed by atoms with Crippen LogP contribution in [-0.2, 0) is 16.1 Å². The highest BCUT2D eigenvalue weighted by molar-refractivity contribution is 5.76. The average Bonchev–Trinajstić information content (AvgIpc) is 2.66. The number of hydrogen-bond donors (Lipinski definition) is 0. The highest BCUT2D eigenvalue weighted by atomic mass is 16.5. The molecule has 1 aliphatic heterocycles. The van der Waals surface area contributed by atoms with Crippen molar-refractivity contribution in [1.82, 2.24) is 9.80 Å². The zero-order valence-corrected chi connectivity index (χ0v) is 19.1. The molecule has 5 nitrogen and oxygen atoms in total. The maximum atomic E-state index is 13.2. The summed E-state index contributed by atoms with van der Waals surface area (Å²) in [5.74, 6) is 1.47. The summed E-state index contributed by atoms with van der Waals surface area (Å²) in [4.78, 5) is 17.6. The zero-order chi connectivity index (χ0) is 21.3. The molecular formula is C24H40N2O3. The molecule has 1 amide bonds. The molecule has 2 rings (SSSR count). The largest absolute Gasteiger partial charge is 0.496 e. The van der Waals surface area contributed by atoms with Gasteiger partial charge in [0.25, 0.3) is 0 Å². The molecule has 164 valence electrons. The molecule has 1 aliphatic rings. The van der Waals surface area contributed by atoms with Gasteiger partial charge in [-0.25, -0.2) is 0 Å². The second-order valence-corrected chi connectivity index (χ2v) is 9.51. The first-order chi connectivity index (χ1) is 13.8. The van der Waals surface area contributed by atoms with E-state index in [1.165, 1.54) is 0 Å². The summed E-state index contributed by atoms with van der Waals surface area (Å²) in [6, 6.07) is 8.00. The predicted octanol–water partition coefficient (Wildman–Crippen LogP) is 4.21. The first-order valence-corrected chi connectivity index (χ1v) is 11.0. The van der Waals surface area contributed by atoms with Gasteiger partial charge in [-0.3, -0.25) is 9.69 Å². The van der Waals surface area contributed by atoms with Crippen molar-refractivity contribution in [2.75, 3.05) is 46.5 Å². The van der Waals surface area contributed by atoms with Crippen LogP contribution < -0.4 is 4.74 Å². The smallest absolute Gasteiger partial charge is 0.223 e. The Morgan fingerprint density at radius 2 is 1.93 bits per heavy atom. The van der Waals surface area contributed by atoms with Crippen molar-refractivity contribution in [3.63, 3.8) is 0 Å². The number of benzene rings is 1. The summed E-state index contributed by atoms with van der Waals surface area (Å²) in [5, 5.41) is 0. The van der Waals surface area contributed by atoms with Crippen molar-refractivity contribution < 1.29 is 14.3 Å². The third-order valence-electron chi connectivity index (χ3n) is 5.40. The van der Waals surface area contributed by atoms with E-state index in [0.29, 0.717) is 18.9 Å². The topological polar surface area (TPSA) is 42.0 Å². The second kappa shape index (κ2) is 11.6. The van der Waals surface area contributed by atoms with Crippen molar-refractivity contribution in [2.45, 2.75) is 53.5 Å². The van der Waals surface area contributed by atoms with E-state index in [4.69, 9.17) is 9.47 Å². The van der Waals surface area contributed by atoms with E-state index < -0.39 is 0 Å². The van der Waals surface area contributed by atoms with E-state index in [1.54, 1.807) is 7.11 Å². The van der Waals surface area contributed by atoms with Crippen LogP contribution in [0, 0.1) is 11.3 Å². The minimum absolute atomic E-state index is 0.240. The van der Waals surface area contributed by atoms with Crippen LogP contribution in [0.3, 0.4) is 0 Å². The van der Waals surface area contributed by atoms with E-state index in [9.17, 15) is 4.79 Å². The SMILES string of the molecule is COc1ccccc1CN(CCCN1CCOCC1)C(=O)CC(C)CC(C)(C)C. The Morgan fingerprint density at radius 1 is 1.24 bits per heavy atom. The van der Waals surface area contributed by atoms with E-state index >= 15 is 0 Å². The lowest BCUT2D eigenvalue weighted by atomic mass is 9.84. The molecule has 0 aromatic heterocycles. The molecule has 1 fully saturated rings. The number of para-hydroxylation sites is 1. The van der Waals surface area contributed by atoms with Gasteiger partial charge in [-0.2, -0.15) is 0 Å². The van der Waals surface area contributed by atoms with Gasteiger partial charge in [-0.1, -0.05) is 45.9 Å². The number of morpholine rings is 1. The van der Waals surface area contributed by atoms with Gasteiger partial charge < -0.3 is 14.4 Å². The standard InChI is InChI=1S/C24H40N2O3/c1-20(18-24(2,3)4)17-23(27)26(12-8-11-25-13-15-29-16-14-25)19-21-9-6-7-10-22(21)28-5/h6-7,9-10,20H,8,11-19H2,1-5H3.